The number of methoxy groups -OCH3 is 1. The second-order valence-electron chi connectivity index (χ2n) is 6.13. The van der Waals surface area contributed by atoms with Crippen molar-refractivity contribution in [1.29, 1.82) is 0 Å². The number of amides is 4. The molecule has 0 bridgehead atoms. The smallest absolute Gasteiger partial charge is 0.337 e. The Balaban J connectivity index is 2.42. The highest BCUT2D eigenvalue weighted by molar-refractivity contribution is 5.95. The molecule has 146 valence electrons. The highest BCUT2D eigenvalue weighted by Gasteiger charge is 2.35. The van der Waals surface area contributed by atoms with Crippen LogP contribution in [0.25, 0.3) is 0 Å². The zero-order chi connectivity index (χ0) is 20.0. The van der Waals surface area contributed by atoms with Crippen LogP contribution in [0.2, 0.25) is 0 Å². The molecule has 2 rings (SSSR count). The number of benzene rings is 1. The fourth-order valence-corrected chi connectivity index (χ4v) is 3.03. The van der Waals surface area contributed by atoms with E-state index >= 15 is 0 Å². The van der Waals surface area contributed by atoms with E-state index in [9.17, 15) is 14.4 Å². The minimum absolute atomic E-state index is 0.269. The van der Waals surface area contributed by atoms with Crippen LogP contribution in [-0.4, -0.2) is 43.1 Å². The predicted molar refractivity (Wildman–Crippen MR) is 102 cm³/mol. The summed E-state index contributed by atoms with van der Waals surface area (Å²) in [4.78, 5) is 38.3. The van der Waals surface area contributed by atoms with Crippen molar-refractivity contribution in [2.75, 3.05) is 25.5 Å². The van der Waals surface area contributed by atoms with Crippen molar-refractivity contribution < 1.29 is 19.1 Å². The molecule has 3 N–H and O–H groups in total. The highest BCUT2D eigenvalue weighted by Crippen LogP contribution is 2.32. The molecule has 1 aromatic rings. The Labute approximate surface area is 158 Å². The van der Waals surface area contributed by atoms with Gasteiger partial charge in [0.05, 0.1) is 18.7 Å². The molecule has 1 heterocycles. The Morgan fingerprint density at radius 3 is 2.67 bits per heavy atom. The monoisotopic (exact) mass is 374 g/mol. The van der Waals surface area contributed by atoms with Crippen LogP contribution in [0.4, 0.5) is 15.3 Å². The lowest BCUT2D eigenvalue weighted by Gasteiger charge is -2.35. The third-order valence-corrected chi connectivity index (χ3v) is 4.26. The fourth-order valence-electron chi connectivity index (χ4n) is 3.03. The first kappa shape index (κ1) is 20.3. The fraction of sp³-hybridized carbons (Fsp3) is 0.421. The zero-order valence-electron chi connectivity index (χ0n) is 16.1. The Morgan fingerprint density at radius 1 is 1.30 bits per heavy atom. The first-order chi connectivity index (χ1) is 12.9. The van der Waals surface area contributed by atoms with Gasteiger partial charge in [0.15, 0.2) is 0 Å². The molecule has 0 aliphatic carbocycles. The van der Waals surface area contributed by atoms with Crippen molar-refractivity contribution >= 4 is 23.7 Å². The molecule has 8 nitrogen and oxygen atoms in total. The van der Waals surface area contributed by atoms with Gasteiger partial charge in [-0.25, -0.2) is 14.4 Å². The topological polar surface area (TPSA) is 99.8 Å². The number of esters is 1. The lowest BCUT2D eigenvalue weighted by molar-refractivity contribution is -0.136. The van der Waals surface area contributed by atoms with Crippen molar-refractivity contribution in [3.05, 3.63) is 41.1 Å². The normalized spacial score (nSPS) is 16.7. The number of rotatable bonds is 6. The van der Waals surface area contributed by atoms with Gasteiger partial charge in [0.2, 0.25) is 0 Å². The van der Waals surface area contributed by atoms with E-state index in [1.54, 1.807) is 36.1 Å². The van der Waals surface area contributed by atoms with Crippen LogP contribution in [0.1, 0.15) is 38.8 Å². The number of carbonyl (C=O) groups excluding carboxylic acids is 3. The number of hydrogen-bond donors (Lipinski definition) is 3. The lowest BCUT2D eigenvalue weighted by atomic mass is 9.94. The lowest BCUT2D eigenvalue weighted by Crippen LogP contribution is -2.48. The number of nitrogens with zero attached hydrogens (tertiary/aromatic N) is 1. The third-order valence-electron chi connectivity index (χ3n) is 4.26. The van der Waals surface area contributed by atoms with E-state index in [0.717, 1.165) is 6.42 Å². The van der Waals surface area contributed by atoms with Gasteiger partial charge in [-0.2, -0.15) is 0 Å². The molecule has 1 aliphatic heterocycles. The molecule has 1 aromatic carbocycles. The minimum atomic E-state index is -0.658. The molecule has 8 heteroatoms. The van der Waals surface area contributed by atoms with Crippen molar-refractivity contribution in [2.24, 2.45) is 0 Å². The van der Waals surface area contributed by atoms with E-state index in [1.165, 1.54) is 7.11 Å². The van der Waals surface area contributed by atoms with Crippen LogP contribution in [-0.2, 0) is 9.53 Å². The summed E-state index contributed by atoms with van der Waals surface area (Å²) in [6, 6.07) is 5.76. The summed E-state index contributed by atoms with van der Waals surface area (Å²) in [5.74, 6) is -0.499. The van der Waals surface area contributed by atoms with E-state index in [4.69, 9.17) is 4.74 Å². The Morgan fingerprint density at radius 2 is 2.04 bits per heavy atom. The quantitative estimate of drug-likeness (QED) is 0.667. The number of hydrogen-bond acceptors (Lipinski definition) is 4. The number of carbonyl (C=O) groups is 3. The van der Waals surface area contributed by atoms with Gasteiger partial charge in [-0.15, -0.1) is 0 Å². The van der Waals surface area contributed by atoms with E-state index < -0.39 is 12.0 Å². The molecule has 1 unspecified atom stereocenters. The molecule has 4 amide bonds. The Bertz CT molecular complexity index is 760. The molecular formula is C19H26N4O4. The van der Waals surface area contributed by atoms with Crippen molar-refractivity contribution in [2.45, 2.75) is 33.2 Å². The number of urea groups is 2. The number of ether oxygens (including phenoxy) is 1. The molecule has 0 saturated carbocycles. The second-order valence-corrected chi connectivity index (χ2v) is 6.13. The van der Waals surface area contributed by atoms with Crippen LogP contribution >= 0.6 is 0 Å². The molecule has 27 heavy (non-hydrogen) atoms. The van der Waals surface area contributed by atoms with E-state index in [-0.39, 0.29) is 12.1 Å². The van der Waals surface area contributed by atoms with Gasteiger partial charge in [-0.1, -0.05) is 19.1 Å². The third kappa shape index (κ3) is 4.58. The standard InChI is InChI=1S/C19H26N4O4/c1-5-10-23-12(3)15(17(24)27-4)16(22-19(23)26)13-8-7-9-14(11-13)21-18(25)20-6-2/h7-9,11,16H,5-6,10H2,1-4H3,(H,22,26)(H2,20,21,25). The van der Waals surface area contributed by atoms with Gasteiger partial charge >= 0.3 is 18.0 Å². The van der Waals surface area contributed by atoms with Gasteiger partial charge < -0.3 is 20.7 Å². The summed E-state index contributed by atoms with van der Waals surface area (Å²) in [6.45, 7) is 6.53. The summed E-state index contributed by atoms with van der Waals surface area (Å²) in [7, 11) is 1.31. The molecule has 1 atom stereocenters. The average molecular weight is 374 g/mol. The maximum absolute atomic E-state index is 12.5. The van der Waals surface area contributed by atoms with Gasteiger partial charge in [-0.05, 0) is 38.0 Å². The summed E-state index contributed by atoms with van der Waals surface area (Å²) in [5.41, 5.74) is 2.18. The van der Waals surface area contributed by atoms with Gasteiger partial charge in [0.25, 0.3) is 0 Å². The van der Waals surface area contributed by atoms with Crippen LogP contribution < -0.4 is 16.0 Å². The molecular weight excluding hydrogens is 348 g/mol. The van der Waals surface area contributed by atoms with Crippen LogP contribution in [0.5, 0.6) is 0 Å². The van der Waals surface area contributed by atoms with Crippen molar-refractivity contribution in [3.8, 4) is 0 Å². The maximum Gasteiger partial charge on any atom is 0.337 e. The largest absolute Gasteiger partial charge is 0.466 e. The predicted octanol–water partition coefficient (Wildman–Crippen LogP) is 2.75. The van der Waals surface area contributed by atoms with Gasteiger partial charge in [0.1, 0.15) is 0 Å². The van der Waals surface area contributed by atoms with Gasteiger partial charge in [0, 0.05) is 24.5 Å². The molecule has 1 aliphatic rings. The minimum Gasteiger partial charge on any atom is -0.466 e. The Hall–Kier alpha value is -3.03. The van der Waals surface area contributed by atoms with Gasteiger partial charge in [-0.3, -0.25) is 4.90 Å². The molecule has 0 spiro atoms. The molecule has 0 radical (unpaired) electrons. The van der Waals surface area contributed by atoms with Crippen LogP contribution in [0.15, 0.2) is 35.5 Å². The molecule has 0 aromatic heterocycles. The second kappa shape index (κ2) is 9.07. The summed E-state index contributed by atoms with van der Waals surface area (Å²) < 4.78 is 4.95. The summed E-state index contributed by atoms with van der Waals surface area (Å²) in [5, 5.41) is 8.25. The SMILES string of the molecule is CCCN1C(=O)NC(c2cccc(NC(=O)NCC)c2)C(C(=O)OC)=C1C. The first-order valence-electron chi connectivity index (χ1n) is 8.94. The van der Waals surface area contributed by atoms with Crippen molar-refractivity contribution in [1.82, 2.24) is 15.5 Å². The highest BCUT2D eigenvalue weighted by atomic mass is 16.5. The summed E-state index contributed by atoms with van der Waals surface area (Å²) in [6.07, 6.45) is 0.760. The van der Waals surface area contributed by atoms with Crippen LogP contribution in [0.3, 0.4) is 0 Å². The van der Waals surface area contributed by atoms with E-state index in [2.05, 4.69) is 16.0 Å². The maximum atomic E-state index is 12.5. The van der Waals surface area contributed by atoms with E-state index in [1.807, 2.05) is 13.8 Å². The average Bonchev–Trinajstić information content (AvgIpc) is 2.64. The van der Waals surface area contributed by atoms with E-state index in [0.29, 0.717) is 35.6 Å². The number of anilines is 1. The Kier molecular flexibility index (Phi) is 6.81. The van der Waals surface area contributed by atoms with Crippen LogP contribution in [0, 0.1) is 0 Å². The number of nitrogens with one attached hydrogen (secondary N) is 3. The number of allylic oxidation sites excluding steroid dienone is 1. The molecule has 0 fully saturated rings. The summed E-state index contributed by atoms with van der Waals surface area (Å²) >= 11 is 0. The van der Waals surface area contributed by atoms with Crippen molar-refractivity contribution in [3.63, 3.8) is 0 Å². The zero-order valence-corrected chi connectivity index (χ0v) is 16.1. The first-order valence-corrected chi connectivity index (χ1v) is 8.94. The molecule has 0 saturated heterocycles.